The smallest absolute Gasteiger partial charge is 0.387 e. The Bertz CT molecular complexity index is 590. The van der Waals surface area contributed by atoms with Crippen molar-refractivity contribution < 1.29 is 13.5 Å². The number of nitrogens with one attached hydrogen (secondary N) is 1. The van der Waals surface area contributed by atoms with Crippen molar-refractivity contribution in [2.24, 2.45) is 0 Å². The normalized spacial score (nSPS) is 10.7. The van der Waals surface area contributed by atoms with Gasteiger partial charge in [0.25, 0.3) is 0 Å². The zero-order valence-electron chi connectivity index (χ0n) is 10.9. The number of para-hydroxylation sites is 1. The molecule has 0 amide bonds. The van der Waals surface area contributed by atoms with E-state index in [0.29, 0.717) is 12.1 Å². The molecule has 0 aliphatic carbocycles. The van der Waals surface area contributed by atoms with Crippen molar-refractivity contribution in [2.45, 2.75) is 20.1 Å². The molecule has 0 bridgehead atoms. The molecule has 0 saturated heterocycles. The number of ether oxygens (including phenoxy) is 1. The number of hydrogen-bond donors (Lipinski definition) is 1. The maximum absolute atomic E-state index is 12.3. The molecule has 1 N–H and O–H groups in total. The number of alkyl halides is 2. The van der Waals surface area contributed by atoms with E-state index in [0.717, 1.165) is 9.26 Å². The van der Waals surface area contributed by atoms with E-state index in [9.17, 15) is 8.78 Å². The van der Waals surface area contributed by atoms with Crippen LogP contribution in [0.1, 0.15) is 11.1 Å². The minimum absolute atomic E-state index is 0.205. The highest BCUT2D eigenvalue weighted by Crippen LogP contribution is 2.22. The van der Waals surface area contributed by atoms with Crippen LogP contribution >= 0.6 is 22.6 Å². The molecule has 106 valence electrons. The highest BCUT2D eigenvalue weighted by atomic mass is 127. The average molecular weight is 389 g/mol. The first-order valence-electron chi connectivity index (χ1n) is 6.09. The predicted octanol–water partition coefficient (Wildman–Crippen LogP) is 4.81. The first kappa shape index (κ1) is 15.0. The highest BCUT2D eigenvalue weighted by molar-refractivity contribution is 14.1. The van der Waals surface area contributed by atoms with E-state index >= 15 is 0 Å². The van der Waals surface area contributed by atoms with Crippen molar-refractivity contribution in [2.75, 3.05) is 5.32 Å². The van der Waals surface area contributed by atoms with Gasteiger partial charge < -0.3 is 10.1 Å². The third-order valence-electron chi connectivity index (χ3n) is 2.84. The largest absolute Gasteiger partial charge is 0.434 e. The summed E-state index contributed by atoms with van der Waals surface area (Å²) in [6.07, 6.45) is 0. The van der Waals surface area contributed by atoms with E-state index in [1.54, 1.807) is 24.3 Å². The van der Waals surface area contributed by atoms with Gasteiger partial charge in [-0.1, -0.05) is 24.3 Å². The molecule has 0 fully saturated rings. The summed E-state index contributed by atoms with van der Waals surface area (Å²) in [5.41, 5.74) is 2.85. The lowest BCUT2D eigenvalue weighted by Crippen LogP contribution is -2.07. The first-order valence-corrected chi connectivity index (χ1v) is 7.17. The summed E-state index contributed by atoms with van der Waals surface area (Å²) in [4.78, 5) is 0. The second kappa shape index (κ2) is 6.88. The van der Waals surface area contributed by atoms with E-state index in [1.165, 1.54) is 5.56 Å². The second-order valence-electron chi connectivity index (χ2n) is 4.30. The maximum Gasteiger partial charge on any atom is 0.387 e. The van der Waals surface area contributed by atoms with Crippen molar-refractivity contribution in [1.82, 2.24) is 0 Å². The summed E-state index contributed by atoms with van der Waals surface area (Å²) in [5.74, 6) is 0.205. The van der Waals surface area contributed by atoms with Crippen LogP contribution in [0.25, 0.3) is 0 Å². The van der Waals surface area contributed by atoms with Crippen molar-refractivity contribution in [1.29, 1.82) is 0 Å². The SMILES string of the molecule is Cc1ccc(NCc2ccccc2OC(F)F)cc1I. The highest BCUT2D eigenvalue weighted by Gasteiger charge is 2.08. The van der Waals surface area contributed by atoms with Gasteiger partial charge in [-0.3, -0.25) is 0 Å². The van der Waals surface area contributed by atoms with Gasteiger partial charge >= 0.3 is 6.61 Å². The third-order valence-corrected chi connectivity index (χ3v) is 4.01. The Balaban J connectivity index is 2.08. The monoisotopic (exact) mass is 389 g/mol. The van der Waals surface area contributed by atoms with E-state index in [2.05, 4.69) is 32.6 Å². The quantitative estimate of drug-likeness (QED) is 0.741. The van der Waals surface area contributed by atoms with Crippen LogP contribution in [-0.4, -0.2) is 6.61 Å². The van der Waals surface area contributed by atoms with Crippen LogP contribution in [0.2, 0.25) is 0 Å². The number of benzene rings is 2. The van der Waals surface area contributed by atoms with E-state index in [4.69, 9.17) is 0 Å². The van der Waals surface area contributed by atoms with E-state index < -0.39 is 6.61 Å². The Kier molecular flexibility index (Phi) is 5.17. The van der Waals surface area contributed by atoms with Gasteiger partial charge in [0.15, 0.2) is 0 Å². The summed E-state index contributed by atoms with van der Waals surface area (Å²) in [5, 5.41) is 3.21. The molecule has 2 nitrogen and oxygen atoms in total. The summed E-state index contributed by atoms with van der Waals surface area (Å²) < 4.78 is 30.3. The van der Waals surface area contributed by atoms with E-state index in [1.807, 2.05) is 25.1 Å². The van der Waals surface area contributed by atoms with Gasteiger partial charge in [0, 0.05) is 21.4 Å². The summed E-state index contributed by atoms with van der Waals surface area (Å²) in [7, 11) is 0. The van der Waals surface area contributed by atoms with Crippen molar-refractivity contribution in [3.8, 4) is 5.75 Å². The molecule has 0 aromatic heterocycles. The van der Waals surface area contributed by atoms with Gasteiger partial charge in [0.05, 0.1) is 0 Å². The molecule has 0 radical (unpaired) electrons. The Morgan fingerprint density at radius 3 is 2.65 bits per heavy atom. The number of anilines is 1. The lowest BCUT2D eigenvalue weighted by atomic mass is 10.2. The molecule has 2 aromatic carbocycles. The van der Waals surface area contributed by atoms with Crippen LogP contribution in [0.3, 0.4) is 0 Å². The van der Waals surface area contributed by atoms with Gasteiger partial charge in [0.1, 0.15) is 5.75 Å². The number of halogens is 3. The third kappa shape index (κ3) is 4.06. The molecule has 2 rings (SSSR count). The fraction of sp³-hybridized carbons (Fsp3) is 0.200. The number of rotatable bonds is 5. The van der Waals surface area contributed by atoms with Crippen molar-refractivity contribution in [3.05, 3.63) is 57.2 Å². The second-order valence-corrected chi connectivity index (χ2v) is 5.47. The zero-order chi connectivity index (χ0) is 14.5. The predicted molar refractivity (Wildman–Crippen MR) is 84.3 cm³/mol. The fourth-order valence-corrected chi connectivity index (χ4v) is 2.28. The minimum Gasteiger partial charge on any atom is -0.434 e. The van der Waals surface area contributed by atoms with Crippen LogP contribution in [0.15, 0.2) is 42.5 Å². The lowest BCUT2D eigenvalue weighted by molar-refractivity contribution is -0.0504. The molecule has 0 aliphatic rings. The molecular formula is C15H14F2INO. The van der Waals surface area contributed by atoms with Crippen LogP contribution in [0.5, 0.6) is 5.75 Å². The minimum atomic E-state index is -2.81. The van der Waals surface area contributed by atoms with Gasteiger partial charge in [-0.15, -0.1) is 0 Å². The Morgan fingerprint density at radius 1 is 1.20 bits per heavy atom. The lowest BCUT2D eigenvalue weighted by Gasteiger charge is -2.12. The van der Waals surface area contributed by atoms with Crippen LogP contribution in [-0.2, 0) is 6.54 Å². The Morgan fingerprint density at radius 2 is 1.95 bits per heavy atom. The molecule has 5 heteroatoms. The summed E-state index contributed by atoms with van der Waals surface area (Å²) in [6, 6.07) is 12.8. The van der Waals surface area contributed by atoms with Gasteiger partial charge in [-0.05, 0) is 53.3 Å². The van der Waals surface area contributed by atoms with Gasteiger partial charge in [0.2, 0.25) is 0 Å². The number of aryl methyl sites for hydroxylation is 1. The molecule has 0 unspecified atom stereocenters. The Labute approximate surface area is 130 Å². The molecule has 0 atom stereocenters. The molecule has 20 heavy (non-hydrogen) atoms. The molecule has 0 spiro atoms. The topological polar surface area (TPSA) is 21.3 Å². The fourth-order valence-electron chi connectivity index (χ4n) is 1.76. The molecule has 0 heterocycles. The van der Waals surface area contributed by atoms with Crippen molar-refractivity contribution in [3.63, 3.8) is 0 Å². The van der Waals surface area contributed by atoms with Gasteiger partial charge in [-0.25, -0.2) is 0 Å². The van der Waals surface area contributed by atoms with Crippen molar-refractivity contribution >= 4 is 28.3 Å². The molecular weight excluding hydrogens is 375 g/mol. The summed E-state index contributed by atoms with van der Waals surface area (Å²) in [6.45, 7) is -0.337. The summed E-state index contributed by atoms with van der Waals surface area (Å²) >= 11 is 2.26. The van der Waals surface area contributed by atoms with Crippen LogP contribution < -0.4 is 10.1 Å². The van der Waals surface area contributed by atoms with Crippen LogP contribution in [0, 0.1) is 10.5 Å². The first-order chi connectivity index (χ1) is 9.56. The zero-order valence-corrected chi connectivity index (χ0v) is 13.0. The molecule has 0 aliphatic heterocycles. The van der Waals surface area contributed by atoms with Gasteiger partial charge in [-0.2, -0.15) is 8.78 Å². The number of hydrogen-bond acceptors (Lipinski definition) is 2. The molecule has 0 saturated carbocycles. The Hall–Kier alpha value is -1.37. The molecule has 2 aromatic rings. The maximum atomic E-state index is 12.3. The average Bonchev–Trinajstić information content (AvgIpc) is 2.41. The van der Waals surface area contributed by atoms with E-state index in [-0.39, 0.29) is 5.75 Å². The standard InChI is InChI=1S/C15H14F2INO/c1-10-6-7-12(8-13(10)18)19-9-11-4-2-3-5-14(11)20-15(16)17/h2-8,15,19H,9H2,1H3. The van der Waals surface area contributed by atoms with Crippen LogP contribution in [0.4, 0.5) is 14.5 Å².